The minimum Gasteiger partial charge on any atom is -0.598 e. The average Bonchev–Trinajstić information content (AvgIpc) is 3.17. The van der Waals surface area contributed by atoms with Crippen LogP contribution in [-0.2, 0) is 16.1 Å². The number of imidazole rings is 1. The molecule has 9 nitrogen and oxygen atoms in total. The van der Waals surface area contributed by atoms with E-state index in [2.05, 4.69) is 29.7 Å². The molecule has 0 radical (unpaired) electrons. The molecule has 1 N–H and O–H groups in total. The van der Waals surface area contributed by atoms with Gasteiger partial charge in [-0.15, -0.1) is 4.72 Å². The van der Waals surface area contributed by atoms with Gasteiger partial charge in [0, 0.05) is 24.0 Å². The zero-order chi connectivity index (χ0) is 23.0. The van der Waals surface area contributed by atoms with Crippen molar-refractivity contribution in [3.8, 4) is 11.4 Å². The minimum atomic E-state index is -2.69. The number of hydrogen-bond acceptors (Lipinski definition) is 8. The maximum absolute atomic E-state index is 13.1. The molecule has 4 heterocycles. The Kier molecular flexibility index (Phi) is 6.30. The van der Waals surface area contributed by atoms with Crippen molar-refractivity contribution in [1.82, 2.24) is 29.3 Å². The van der Waals surface area contributed by atoms with Gasteiger partial charge in [0.1, 0.15) is 29.8 Å². The fourth-order valence-corrected chi connectivity index (χ4v) is 4.22. The van der Waals surface area contributed by atoms with Gasteiger partial charge in [-0.3, -0.25) is 0 Å². The lowest BCUT2D eigenvalue weighted by molar-refractivity contribution is -0.0965. The predicted octanol–water partition coefficient (Wildman–Crippen LogP) is 2.38. The van der Waals surface area contributed by atoms with Crippen LogP contribution >= 0.6 is 0 Å². The average molecular weight is 466 g/mol. The van der Waals surface area contributed by atoms with Crippen LogP contribution in [0.15, 0.2) is 30.7 Å². The molecule has 0 saturated carbocycles. The summed E-state index contributed by atoms with van der Waals surface area (Å²) in [6.45, 7) is 7.01. The molecule has 3 aromatic rings. The summed E-state index contributed by atoms with van der Waals surface area (Å²) >= 11 is -1.15. The van der Waals surface area contributed by atoms with E-state index in [-0.39, 0.29) is 17.8 Å². The quantitative estimate of drug-likeness (QED) is 0.554. The number of nitrogens with one attached hydrogen (secondary N) is 1. The highest BCUT2D eigenvalue weighted by molar-refractivity contribution is 7.88. The summed E-state index contributed by atoms with van der Waals surface area (Å²) in [5.41, 5.74) is 0.659. The van der Waals surface area contributed by atoms with Crippen LogP contribution in [0.3, 0.4) is 0 Å². The molecule has 172 valence electrons. The Morgan fingerprint density at radius 2 is 2.09 bits per heavy atom. The van der Waals surface area contributed by atoms with Crippen LogP contribution in [0.2, 0.25) is 0 Å². The second kappa shape index (κ2) is 8.85. The summed E-state index contributed by atoms with van der Waals surface area (Å²) in [5.74, 6) is 0.668. The predicted molar refractivity (Wildman–Crippen MR) is 117 cm³/mol. The number of ether oxygens (including phenoxy) is 1. The van der Waals surface area contributed by atoms with Crippen molar-refractivity contribution in [3.05, 3.63) is 36.4 Å². The Morgan fingerprint density at radius 3 is 2.81 bits per heavy atom. The lowest BCUT2D eigenvalue weighted by Crippen LogP contribution is -2.60. The van der Waals surface area contributed by atoms with Crippen LogP contribution in [0.5, 0.6) is 0 Å². The number of aromatic nitrogens is 5. The van der Waals surface area contributed by atoms with Crippen LogP contribution in [0.4, 0.5) is 14.6 Å². The van der Waals surface area contributed by atoms with E-state index in [4.69, 9.17) is 4.74 Å². The molecule has 3 aromatic heterocycles. The maximum Gasteiger partial charge on any atom is 0.282 e. The van der Waals surface area contributed by atoms with E-state index in [9.17, 15) is 13.3 Å². The van der Waals surface area contributed by atoms with E-state index >= 15 is 0 Å². The van der Waals surface area contributed by atoms with E-state index < -0.39 is 23.4 Å². The summed E-state index contributed by atoms with van der Waals surface area (Å²) in [6.07, 6.45) is 1.67. The van der Waals surface area contributed by atoms with Gasteiger partial charge in [-0.25, -0.2) is 28.2 Å². The molecular weight excluding hydrogens is 440 g/mol. The van der Waals surface area contributed by atoms with E-state index in [1.165, 1.54) is 23.0 Å². The van der Waals surface area contributed by atoms with Crippen molar-refractivity contribution in [2.24, 2.45) is 0 Å². The number of nitrogens with zero attached hydrogens (tertiary/aromatic N) is 6. The van der Waals surface area contributed by atoms with E-state index in [1.54, 1.807) is 18.5 Å². The van der Waals surface area contributed by atoms with Crippen LogP contribution in [0.1, 0.15) is 32.9 Å². The van der Waals surface area contributed by atoms with E-state index in [1.807, 2.05) is 20.8 Å². The molecule has 32 heavy (non-hydrogen) atoms. The van der Waals surface area contributed by atoms with Crippen LogP contribution in [0, 0.1) is 0 Å². The molecular formula is C20H25F2N7O2S. The van der Waals surface area contributed by atoms with Crippen molar-refractivity contribution < 1.29 is 18.1 Å². The molecule has 3 atom stereocenters. The third-order valence-corrected chi connectivity index (χ3v) is 5.93. The lowest BCUT2D eigenvalue weighted by Gasteiger charge is -2.47. The number of halogens is 2. The van der Waals surface area contributed by atoms with Crippen molar-refractivity contribution in [2.45, 2.75) is 44.9 Å². The summed E-state index contributed by atoms with van der Waals surface area (Å²) in [4.78, 5) is 15.1. The van der Waals surface area contributed by atoms with Crippen LogP contribution in [0.25, 0.3) is 17.0 Å². The van der Waals surface area contributed by atoms with Gasteiger partial charge in [0.15, 0.2) is 5.65 Å². The van der Waals surface area contributed by atoms with Crippen LogP contribution in [-0.4, -0.2) is 66.2 Å². The molecule has 1 saturated heterocycles. The Bertz CT molecular complexity index is 1090. The highest BCUT2D eigenvalue weighted by Gasteiger charge is 2.39. The molecule has 1 aliphatic rings. The van der Waals surface area contributed by atoms with Gasteiger partial charge in [0.2, 0.25) is 0 Å². The molecule has 1 fully saturated rings. The molecule has 0 amide bonds. The molecule has 4 rings (SSSR count). The number of morpholine rings is 1. The smallest absolute Gasteiger partial charge is 0.282 e. The normalized spacial score (nSPS) is 21.9. The highest BCUT2D eigenvalue weighted by Crippen LogP contribution is 2.31. The Hall–Kier alpha value is -2.41. The number of hydrogen-bond donors (Lipinski definition) is 1. The van der Waals surface area contributed by atoms with E-state index in [0.29, 0.717) is 35.9 Å². The first kappa shape index (κ1) is 22.8. The molecule has 0 spiro atoms. The Balaban J connectivity index is 1.68. The van der Waals surface area contributed by atoms with Gasteiger partial charge < -0.3 is 14.2 Å². The fourth-order valence-electron chi connectivity index (χ4n) is 3.82. The lowest BCUT2D eigenvalue weighted by atomic mass is 10.00. The second-order valence-electron chi connectivity index (χ2n) is 8.32. The molecule has 1 aliphatic heterocycles. The topological polar surface area (TPSA) is 104 Å². The summed E-state index contributed by atoms with van der Waals surface area (Å²) < 4.78 is 48.3. The zero-order valence-corrected chi connectivity index (χ0v) is 19.0. The first-order chi connectivity index (χ1) is 15.1. The molecule has 3 unspecified atom stereocenters. The molecule has 12 heteroatoms. The first-order valence-electron chi connectivity index (χ1n) is 10.1. The fraction of sp³-hybridized carbons (Fsp3) is 0.500. The number of fused-ring (bicyclic) bond motifs is 1. The second-order valence-corrected chi connectivity index (χ2v) is 9.52. The summed E-state index contributed by atoms with van der Waals surface area (Å²) in [7, 11) is 0. The summed E-state index contributed by atoms with van der Waals surface area (Å²) in [5, 5.41) is 4.02. The van der Waals surface area contributed by atoms with Gasteiger partial charge in [-0.2, -0.15) is 5.10 Å². The zero-order valence-electron chi connectivity index (χ0n) is 18.2. The van der Waals surface area contributed by atoms with Gasteiger partial charge >= 0.3 is 0 Å². The van der Waals surface area contributed by atoms with Gasteiger partial charge in [-0.05, 0) is 32.9 Å². The number of anilines is 1. The van der Waals surface area contributed by atoms with Gasteiger partial charge in [0.25, 0.3) is 6.43 Å². The maximum atomic E-state index is 13.1. The third-order valence-electron chi connectivity index (χ3n) is 5.35. The highest BCUT2D eigenvalue weighted by atomic mass is 32.2. The molecule has 0 aliphatic carbocycles. The first-order valence-corrected chi connectivity index (χ1v) is 11.7. The van der Waals surface area contributed by atoms with Crippen molar-refractivity contribution >= 4 is 22.8 Å². The summed E-state index contributed by atoms with van der Waals surface area (Å²) in [6, 6.07) is 4.49. The number of alkyl halides is 2. The van der Waals surface area contributed by atoms with Gasteiger partial charge in [-0.1, -0.05) is 0 Å². The Morgan fingerprint density at radius 1 is 1.31 bits per heavy atom. The number of rotatable bonds is 6. The van der Waals surface area contributed by atoms with Crippen molar-refractivity contribution in [2.75, 3.05) is 24.2 Å². The monoisotopic (exact) mass is 465 g/mol. The minimum absolute atomic E-state index is 0.0624. The SMILES string of the molecule is CC1C(CN[S+](C)[O-])OC(C)(C)CN1c1cc(-c2cnc3ccc(C(F)F)nn23)ncn1. The van der Waals surface area contributed by atoms with E-state index in [0.717, 1.165) is 0 Å². The molecule has 0 bridgehead atoms. The van der Waals surface area contributed by atoms with Gasteiger partial charge in [0.05, 0.1) is 36.2 Å². The Labute approximate surface area is 187 Å². The largest absolute Gasteiger partial charge is 0.598 e. The van der Waals surface area contributed by atoms with Crippen LogP contribution < -0.4 is 9.62 Å². The standard InChI is InChI=1S/C20H25F2N7O2S/c1-12-16(9-26-32(4)30)31-20(2,3)10-28(12)18-7-14(24-11-25-18)15-8-23-17-6-5-13(19(21)22)27-29(15)17/h5-8,11-12,16,19,26H,9-10H2,1-4H3. The van der Waals surface area contributed by atoms with Crippen molar-refractivity contribution in [3.63, 3.8) is 0 Å². The third kappa shape index (κ3) is 4.68. The van der Waals surface area contributed by atoms with Crippen molar-refractivity contribution in [1.29, 1.82) is 0 Å². The molecule has 0 aromatic carbocycles.